The van der Waals surface area contributed by atoms with Gasteiger partial charge >= 0.3 is 5.97 Å². The molecule has 1 aromatic rings. The van der Waals surface area contributed by atoms with Gasteiger partial charge in [-0.25, -0.2) is 4.79 Å². The number of ether oxygens (including phenoxy) is 3. The van der Waals surface area contributed by atoms with E-state index in [1.165, 1.54) is 38.3 Å². The normalized spacial score (nSPS) is 28.9. The number of aliphatic hydroxyl groups is 3. The number of carbonyl (C=O) groups excluding carboxylic acids is 2. The largest absolute Gasteiger partial charge is 0.465 e. The number of esters is 1. The molecule has 9 heteroatoms. The molecule has 1 aliphatic rings. The highest BCUT2D eigenvalue weighted by atomic mass is 16.7. The van der Waals surface area contributed by atoms with E-state index in [9.17, 15) is 24.9 Å². The van der Waals surface area contributed by atoms with E-state index in [2.05, 4.69) is 10.1 Å². The molecule has 0 saturated carbocycles. The molecule has 1 saturated heterocycles. The second kappa shape index (κ2) is 8.26. The lowest BCUT2D eigenvalue weighted by molar-refractivity contribution is -0.244. The van der Waals surface area contributed by atoms with Crippen LogP contribution in [0.2, 0.25) is 0 Å². The Labute approximate surface area is 144 Å². The number of benzene rings is 1. The Kier molecular flexibility index (Phi) is 6.32. The first kappa shape index (κ1) is 19.1. The highest BCUT2D eigenvalue weighted by Crippen LogP contribution is 2.24. The molecule has 1 heterocycles. The van der Waals surface area contributed by atoms with Gasteiger partial charge in [-0.2, -0.15) is 0 Å². The molecule has 0 aromatic heterocycles. The van der Waals surface area contributed by atoms with E-state index in [4.69, 9.17) is 9.47 Å². The molecule has 25 heavy (non-hydrogen) atoms. The van der Waals surface area contributed by atoms with Crippen molar-refractivity contribution in [2.75, 3.05) is 13.7 Å². The molecule has 138 valence electrons. The van der Waals surface area contributed by atoms with Crippen molar-refractivity contribution in [3.05, 3.63) is 29.8 Å². The molecule has 0 unspecified atom stereocenters. The summed E-state index contributed by atoms with van der Waals surface area (Å²) < 4.78 is 15.7. The average molecular weight is 355 g/mol. The van der Waals surface area contributed by atoms with Crippen molar-refractivity contribution in [2.45, 2.75) is 37.6 Å². The molecular formula is C16H21NO8. The number of nitrogens with one attached hydrogen (secondary N) is 1. The molecule has 9 nitrogen and oxygen atoms in total. The van der Waals surface area contributed by atoms with Crippen LogP contribution in [0.1, 0.15) is 17.3 Å². The zero-order valence-electron chi connectivity index (χ0n) is 13.8. The molecule has 1 aromatic carbocycles. The van der Waals surface area contributed by atoms with E-state index in [-0.39, 0.29) is 0 Å². The smallest absolute Gasteiger partial charge is 0.337 e. The third-order valence-corrected chi connectivity index (χ3v) is 3.78. The van der Waals surface area contributed by atoms with E-state index < -0.39 is 49.1 Å². The molecule has 0 spiro atoms. The molecule has 4 N–H and O–H groups in total. The lowest BCUT2D eigenvalue weighted by atomic mass is 9.97. The molecule has 0 radical (unpaired) electrons. The zero-order valence-corrected chi connectivity index (χ0v) is 13.8. The maximum atomic E-state index is 11.4. The molecule has 0 bridgehead atoms. The van der Waals surface area contributed by atoms with Crippen molar-refractivity contribution in [3.8, 4) is 5.75 Å². The quantitative estimate of drug-likeness (QED) is 0.484. The summed E-state index contributed by atoms with van der Waals surface area (Å²) in [6.45, 7) is 0.714. The first-order valence-corrected chi connectivity index (χ1v) is 7.62. The highest BCUT2D eigenvalue weighted by Gasteiger charge is 2.46. The Balaban J connectivity index is 2.17. The topological polar surface area (TPSA) is 135 Å². The fourth-order valence-electron chi connectivity index (χ4n) is 2.49. The minimum absolute atomic E-state index is 0.299. The van der Waals surface area contributed by atoms with E-state index in [1.807, 2.05) is 0 Å². The van der Waals surface area contributed by atoms with Crippen molar-refractivity contribution >= 4 is 11.9 Å². The average Bonchev–Trinajstić information content (AvgIpc) is 2.60. The Morgan fingerprint density at radius 1 is 1.20 bits per heavy atom. The summed E-state index contributed by atoms with van der Waals surface area (Å²) in [5.74, 6) is -0.652. The van der Waals surface area contributed by atoms with Crippen LogP contribution in [0.5, 0.6) is 5.75 Å². The van der Waals surface area contributed by atoms with Crippen LogP contribution < -0.4 is 10.1 Å². The van der Waals surface area contributed by atoms with Gasteiger partial charge in [-0.1, -0.05) is 0 Å². The molecule has 1 fully saturated rings. The van der Waals surface area contributed by atoms with Gasteiger partial charge < -0.3 is 34.8 Å². The molecular weight excluding hydrogens is 334 g/mol. The fourth-order valence-corrected chi connectivity index (χ4v) is 2.49. The monoisotopic (exact) mass is 355 g/mol. The van der Waals surface area contributed by atoms with Crippen LogP contribution in [0.25, 0.3) is 0 Å². The second-order valence-electron chi connectivity index (χ2n) is 5.57. The van der Waals surface area contributed by atoms with Gasteiger partial charge in [-0.05, 0) is 24.3 Å². The SMILES string of the molecule is COC(=O)c1ccc(O[C@H]2O[C@@H](CO)[C@@H](O)[C@H](O)[C@@H]2NC(C)=O)cc1. The first-order valence-electron chi connectivity index (χ1n) is 7.62. The van der Waals surface area contributed by atoms with Crippen molar-refractivity contribution < 1.29 is 39.1 Å². The standard InChI is InChI=1S/C16H21NO8/c1-8(19)17-12-14(21)13(20)11(7-18)25-16(12)24-10-5-3-9(4-6-10)15(22)23-2/h3-6,11-14,16,18,20-21H,7H2,1-2H3,(H,17,19)/t11-,12-,13+,14+,16-/m0/s1. The van der Waals surface area contributed by atoms with E-state index in [0.717, 1.165) is 0 Å². The summed E-state index contributed by atoms with van der Waals surface area (Å²) in [5.41, 5.74) is 0.321. The predicted molar refractivity (Wildman–Crippen MR) is 83.8 cm³/mol. The maximum absolute atomic E-state index is 11.4. The predicted octanol–water partition coefficient (Wildman–Crippen LogP) is -1.20. The number of rotatable bonds is 5. The Morgan fingerprint density at radius 3 is 2.36 bits per heavy atom. The lowest BCUT2D eigenvalue weighted by Crippen LogP contribution is -2.65. The van der Waals surface area contributed by atoms with Gasteiger partial charge in [0.1, 0.15) is 30.1 Å². The van der Waals surface area contributed by atoms with Crippen molar-refractivity contribution in [1.82, 2.24) is 5.32 Å². The van der Waals surface area contributed by atoms with Gasteiger partial charge in [0.05, 0.1) is 19.3 Å². The number of amides is 1. The summed E-state index contributed by atoms with van der Waals surface area (Å²) in [6.07, 6.45) is -5.00. The van der Waals surface area contributed by atoms with Gasteiger partial charge in [-0.15, -0.1) is 0 Å². The van der Waals surface area contributed by atoms with Gasteiger partial charge in [0.15, 0.2) is 0 Å². The Hall–Kier alpha value is -2.20. The molecule has 5 atom stereocenters. The second-order valence-corrected chi connectivity index (χ2v) is 5.57. The molecule has 1 amide bonds. The minimum atomic E-state index is -1.39. The van der Waals surface area contributed by atoms with Gasteiger partial charge in [0.25, 0.3) is 0 Å². The minimum Gasteiger partial charge on any atom is -0.465 e. The van der Waals surface area contributed by atoms with E-state index >= 15 is 0 Å². The zero-order chi connectivity index (χ0) is 18.6. The van der Waals surface area contributed by atoms with Crippen LogP contribution in [0.4, 0.5) is 0 Å². The summed E-state index contributed by atoms with van der Waals surface area (Å²) in [4.78, 5) is 22.8. The lowest BCUT2D eigenvalue weighted by Gasteiger charge is -2.42. The van der Waals surface area contributed by atoms with Crippen LogP contribution in [0.3, 0.4) is 0 Å². The van der Waals surface area contributed by atoms with E-state index in [1.54, 1.807) is 0 Å². The fraction of sp³-hybridized carbons (Fsp3) is 0.500. The van der Waals surface area contributed by atoms with Crippen LogP contribution in [-0.2, 0) is 14.3 Å². The van der Waals surface area contributed by atoms with Gasteiger partial charge in [-0.3, -0.25) is 4.79 Å². The summed E-state index contributed by atoms with van der Waals surface area (Å²) in [6, 6.07) is 4.89. The Morgan fingerprint density at radius 2 is 1.84 bits per heavy atom. The van der Waals surface area contributed by atoms with Crippen molar-refractivity contribution in [1.29, 1.82) is 0 Å². The van der Waals surface area contributed by atoms with Crippen molar-refractivity contribution in [2.24, 2.45) is 0 Å². The van der Waals surface area contributed by atoms with Gasteiger partial charge in [0.2, 0.25) is 12.2 Å². The molecule has 2 rings (SSSR count). The highest BCUT2D eigenvalue weighted by molar-refractivity contribution is 5.89. The van der Waals surface area contributed by atoms with Crippen LogP contribution >= 0.6 is 0 Å². The maximum Gasteiger partial charge on any atom is 0.337 e. The summed E-state index contributed by atoms with van der Waals surface area (Å²) in [7, 11) is 1.27. The van der Waals surface area contributed by atoms with Gasteiger partial charge in [0, 0.05) is 6.92 Å². The third-order valence-electron chi connectivity index (χ3n) is 3.78. The first-order chi connectivity index (χ1) is 11.9. The molecule has 1 aliphatic heterocycles. The molecule has 0 aliphatic carbocycles. The number of methoxy groups -OCH3 is 1. The number of hydrogen-bond acceptors (Lipinski definition) is 8. The van der Waals surface area contributed by atoms with Crippen LogP contribution in [-0.4, -0.2) is 71.6 Å². The van der Waals surface area contributed by atoms with Crippen molar-refractivity contribution in [3.63, 3.8) is 0 Å². The summed E-state index contributed by atoms with van der Waals surface area (Å²) >= 11 is 0. The number of hydrogen-bond donors (Lipinski definition) is 4. The number of carbonyl (C=O) groups is 2. The summed E-state index contributed by atoms with van der Waals surface area (Å²) in [5, 5.41) is 31.9. The van der Waals surface area contributed by atoms with E-state index in [0.29, 0.717) is 11.3 Å². The number of aliphatic hydroxyl groups excluding tert-OH is 3. The Bertz CT molecular complexity index is 605. The third kappa shape index (κ3) is 4.45. The van der Waals surface area contributed by atoms with Crippen LogP contribution in [0, 0.1) is 0 Å². The van der Waals surface area contributed by atoms with Crippen LogP contribution in [0.15, 0.2) is 24.3 Å².